The third kappa shape index (κ3) is 3.35. The van der Waals surface area contributed by atoms with Crippen molar-refractivity contribution in [2.24, 2.45) is 0 Å². The van der Waals surface area contributed by atoms with Crippen LogP contribution in [0.2, 0.25) is 0 Å². The van der Waals surface area contributed by atoms with E-state index in [0.717, 1.165) is 0 Å². The molecule has 0 saturated heterocycles. The number of nitrogens with one attached hydrogen (secondary N) is 1. The normalized spacial score (nSPS) is 14.4. The fourth-order valence-electron chi connectivity index (χ4n) is 0.555. The monoisotopic (exact) mass is 154 g/mol. The SMILES string of the molecule is C1=CSCC1.c1c[nH]cn1. The molecule has 3 heteroatoms. The molecule has 2 heterocycles. The minimum absolute atomic E-state index is 1.28. The summed E-state index contributed by atoms with van der Waals surface area (Å²) in [6, 6.07) is 0. The molecule has 0 aromatic carbocycles. The number of nitrogens with zero attached hydrogens (tertiary/aromatic N) is 1. The molecule has 0 spiro atoms. The van der Waals surface area contributed by atoms with Gasteiger partial charge in [-0.2, -0.15) is 0 Å². The summed E-state index contributed by atoms with van der Waals surface area (Å²) >= 11 is 1.89. The van der Waals surface area contributed by atoms with Gasteiger partial charge in [-0.05, 0) is 11.8 Å². The van der Waals surface area contributed by atoms with Crippen LogP contribution in [0.15, 0.2) is 30.2 Å². The lowest BCUT2D eigenvalue weighted by Gasteiger charge is -1.69. The van der Waals surface area contributed by atoms with Gasteiger partial charge < -0.3 is 4.98 Å². The average molecular weight is 154 g/mol. The first-order chi connectivity index (χ1) is 5.00. The maximum absolute atomic E-state index is 3.67. The Balaban J connectivity index is 0.0000001000. The lowest BCUT2D eigenvalue weighted by Crippen LogP contribution is -1.56. The summed E-state index contributed by atoms with van der Waals surface area (Å²) in [5, 5.41) is 2.15. The summed E-state index contributed by atoms with van der Waals surface area (Å²) in [6.07, 6.45) is 8.56. The van der Waals surface area contributed by atoms with Crippen molar-refractivity contribution < 1.29 is 0 Å². The summed E-state index contributed by atoms with van der Waals surface area (Å²) in [5.74, 6) is 1.31. The molecule has 0 bridgehead atoms. The first-order valence-corrected chi connectivity index (χ1v) is 4.24. The van der Waals surface area contributed by atoms with Crippen LogP contribution < -0.4 is 0 Å². The van der Waals surface area contributed by atoms with Crippen molar-refractivity contribution in [1.29, 1.82) is 0 Å². The van der Waals surface area contributed by atoms with Crippen molar-refractivity contribution in [2.45, 2.75) is 6.42 Å². The first-order valence-electron chi connectivity index (χ1n) is 3.19. The van der Waals surface area contributed by atoms with Crippen LogP contribution in [0.3, 0.4) is 0 Å². The van der Waals surface area contributed by atoms with Crippen molar-refractivity contribution in [3.05, 3.63) is 30.2 Å². The molecule has 0 radical (unpaired) electrons. The predicted octanol–water partition coefficient (Wildman–Crippen LogP) is 2.05. The van der Waals surface area contributed by atoms with E-state index in [2.05, 4.69) is 21.5 Å². The fraction of sp³-hybridized carbons (Fsp3) is 0.286. The lowest BCUT2D eigenvalue weighted by molar-refractivity contribution is 1.28. The van der Waals surface area contributed by atoms with Gasteiger partial charge >= 0.3 is 0 Å². The van der Waals surface area contributed by atoms with Crippen LogP contribution in [0.4, 0.5) is 0 Å². The van der Waals surface area contributed by atoms with E-state index >= 15 is 0 Å². The van der Waals surface area contributed by atoms with Crippen LogP contribution in [-0.4, -0.2) is 15.7 Å². The van der Waals surface area contributed by atoms with Crippen molar-refractivity contribution in [3.8, 4) is 0 Å². The van der Waals surface area contributed by atoms with Crippen LogP contribution in [-0.2, 0) is 0 Å². The van der Waals surface area contributed by atoms with Crippen LogP contribution >= 0.6 is 11.8 Å². The number of aromatic amines is 1. The van der Waals surface area contributed by atoms with Gasteiger partial charge in [-0.25, -0.2) is 4.98 Å². The molecule has 0 fully saturated rings. The summed E-state index contributed by atoms with van der Waals surface area (Å²) < 4.78 is 0. The molecule has 0 saturated carbocycles. The van der Waals surface area contributed by atoms with Crippen molar-refractivity contribution in [3.63, 3.8) is 0 Å². The quantitative estimate of drug-likeness (QED) is 0.619. The van der Waals surface area contributed by atoms with Gasteiger partial charge in [0.05, 0.1) is 6.33 Å². The second-order valence-electron chi connectivity index (χ2n) is 1.79. The first kappa shape index (κ1) is 7.41. The van der Waals surface area contributed by atoms with E-state index in [4.69, 9.17) is 0 Å². The fourth-order valence-corrected chi connectivity index (χ4v) is 1.24. The van der Waals surface area contributed by atoms with E-state index in [1.54, 1.807) is 18.7 Å². The Hall–Kier alpha value is -0.700. The van der Waals surface area contributed by atoms with Gasteiger partial charge in [0.25, 0.3) is 0 Å². The third-order valence-electron chi connectivity index (χ3n) is 1.00. The zero-order valence-electron chi connectivity index (χ0n) is 5.66. The van der Waals surface area contributed by atoms with Gasteiger partial charge in [-0.15, -0.1) is 11.8 Å². The summed E-state index contributed by atoms with van der Waals surface area (Å²) in [4.78, 5) is 6.42. The Morgan fingerprint density at radius 2 is 2.50 bits per heavy atom. The Labute approximate surface area is 64.8 Å². The zero-order chi connectivity index (χ0) is 7.07. The molecule has 0 atom stereocenters. The minimum Gasteiger partial charge on any atom is -0.351 e. The number of hydrogen-bond donors (Lipinski definition) is 1. The largest absolute Gasteiger partial charge is 0.351 e. The predicted molar refractivity (Wildman–Crippen MR) is 44.8 cm³/mol. The highest BCUT2D eigenvalue weighted by atomic mass is 32.2. The van der Waals surface area contributed by atoms with Gasteiger partial charge in [-0.3, -0.25) is 0 Å². The molecule has 54 valence electrons. The smallest absolute Gasteiger partial charge is 0.0919 e. The van der Waals surface area contributed by atoms with E-state index in [-0.39, 0.29) is 0 Å². The third-order valence-corrected chi connectivity index (χ3v) is 1.86. The van der Waals surface area contributed by atoms with Crippen LogP contribution in [0.1, 0.15) is 6.42 Å². The number of thioether (sulfide) groups is 1. The van der Waals surface area contributed by atoms with Gasteiger partial charge in [0.1, 0.15) is 0 Å². The molecule has 1 aliphatic heterocycles. The van der Waals surface area contributed by atoms with Crippen LogP contribution in [0.5, 0.6) is 0 Å². The number of imidazole rings is 1. The van der Waals surface area contributed by atoms with Gasteiger partial charge in [0.2, 0.25) is 0 Å². The Bertz CT molecular complexity index is 147. The molecule has 10 heavy (non-hydrogen) atoms. The number of hydrogen-bond acceptors (Lipinski definition) is 2. The number of rotatable bonds is 0. The highest BCUT2D eigenvalue weighted by molar-refractivity contribution is 8.02. The minimum atomic E-state index is 1.28. The van der Waals surface area contributed by atoms with E-state index in [0.29, 0.717) is 0 Å². The van der Waals surface area contributed by atoms with E-state index in [9.17, 15) is 0 Å². The molecule has 1 aliphatic rings. The van der Waals surface area contributed by atoms with Crippen molar-refractivity contribution in [2.75, 3.05) is 5.75 Å². The highest BCUT2D eigenvalue weighted by Crippen LogP contribution is 2.11. The second-order valence-corrected chi connectivity index (χ2v) is 2.81. The van der Waals surface area contributed by atoms with Crippen molar-refractivity contribution >= 4 is 11.8 Å². The molecule has 0 unspecified atom stereocenters. The van der Waals surface area contributed by atoms with Gasteiger partial charge in [-0.1, -0.05) is 6.08 Å². The lowest BCUT2D eigenvalue weighted by atomic mass is 10.5. The average Bonchev–Trinajstić information content (AvgIpc) is 2.67. The van der Waals surface area contributed by atoms with E-state index in [1.807, 2.05) is 11.8 Å². The number of allylic oxidation sites excluding steroid dienone is 1. The standard InChI is InChI=1S/C4H6S.C3H4N2/c1-2-4-5-3-1;1-2-5-3-4-1/h1,3H,2,4H2;1-3H,(H,4,5). The second kappa shape index (κ2) is 5.11. The van der Waals surface area contributed by atoms with Crippen molar-refractivity contribution in [1.82, 2.24) is 9.97 Å². The number of aromatic nitrogens is 2. The van der Waals surface area contributed by atoms with Crippen LogP contribution in [0, 0.1) is 0 Å². The summed E-state index contributed by atoms with van der Waals surface area (Å²) in [6.45, 7) is 0. The molecule has 0 aliphatic carbocycles. The van der Waals surface area contributed by atoms with Crippen LogP contribution in [0.25, 0.3) is 0 Å². The molecule has 1 N–H and O–H groups in total. The van der Waals surface area contributed by atoms with Gasteiger partial charge in [0, 0.05) is 18.1 Å². The maximum Gasteiger partial charge on any atom is 0.0919 e. The Morgan fingerprint density at radius 3 is 2.70 bits per heavy atom. The van der Waals surface area contributed by atoms with E-state index < -0.39 is 0 Å². The maximum atomic E-state index is 3.67. The molecular formula is C7H10N2S. The molecule has 1 aromatic rings. The molecule has 0 amide bonds. The number of H-pyrrole nitrogens is 1. The molecule has 1 aromatic heterocycles. The highest BCUT2D eigenvalue weighted by Gasteiger charge is 1.85. The summed E-state index contributed by atoms with van der Waals surface area (Å²) in [5.41, 5.74) is 0. The topological polar surface area (TPSA) is 28.7 Å². The molecule has 2 nitrogen and oxygen atoms in total. The van der Waals surface area contributed by atoms with Gasteiger partial charge in [0.15, 0.2) is 0 Å². The zero-order valence-corrected chi connectivity index (χ0v) is 6.47. The molecular weight excluding hydrogens is 144 g/mol. The Morgan fingerprint density at radius 1 is 1.50 bits per heavy atom. The molecule has 2 rings (SSSR count). The summed E-state index contributed by atoms with van der Waals surface area (Å²) in [7, 11) is 0. The Kier molecular flexibility index (Phi) is 3.79. The van der Waals surface area contributed by atoms with E-state index in [1.165, 1.54) is 12.2 Å².